The van der Waals surface area contributed by atoms with Crippen molar-refractivity contribution in [3.05, 3.63) is 48.0 Å². The minimum absolute atomic E-state index is 0.0378. The number of hydrogen-bond donors (Lipinski definition) is 0. The van der Waals surface area contributed by atoms with Gasteiger partial charge in [-0.05, 0) is 37.2 Å². The fourth-order valence-corrected chi connectivity index (χ4v) is 4.03. The Kier molecular flexibility index (Phi) is 3.81. The molecule has 1 atom stereocenters. The van der Waals surface area contributed by atoms with Crippen molar-refractivity contribution in [2.24, 2.45) is 12.5 Å². The van der Waals surface area contributed by atoms with Gasteiger partial charge in [-0.15, -0.1) is 0 Å². The second kappa shape index (κ2) is 6.01. The average molecular weight is 335 g/mol. The van der Waals surface area contributed by atoms with Crippen LogP contribution in [0.2, 0.25) is 0 Å². The molecule has 2 fully saturated rings. The molecular weight excluding hydrogens is 314 g/mol. The molecule has 0 unspecified atom stereocenters. The third-order valence-corrected chi connectivity index (χ3v) is 5.43. The van der Waals surface area contributed by atoms with E-state index in [2.05, 4.69) is 16.0 Å². The molecule has 0 N–H and O–H groups in total. The van der Waals surface area contributed by atoms with E-state index in [4.69, 9.17) is 5.26 Å². The average Bonchev–Trinajstić information content (AvgIpc) is 3.29. The van der Waals surface area contributed by atoms with E-state index in [0.29, 0.717) is 12.0 Å². The lowest BCUT2D eigenvalue weighted by molar-refractivity contribution is -0.117. The maximum Gasteiger partial charge on any atom is 0.227 e. The number of aryl methyl sites for hydroxylation is 1. The van der Waals surface area contributed by atoms with Gasteiger partial charge in [0.1, 0.15) is 5.82 Å². The molecule has 1 amide bonds. The Morgan fingerprint density at radius 3 is 2.76 bits per heavy atom. The van der Waals surface area contributed by atoms with Gasteiger partial charge < -0.3 is 9.47 Å². The summed E-state index contributed by atoms with van der Waals surface area (Å²) in [5, 5.41) is 8.92. The van der Waals surface area contributed by atoms with Crippen LogP contribution in [0.5, 0.6) is 0 Å². The number of aromatic nitrogens is 2. The van der Waals surface area contributed by atoms with Crippen LogP contribution in [0.3, 0.4) is 0 Å². The standard InChI is InChI=1S/C19H21N5O/c1-22-9-7-21-17(22)12-23-8-6-19(13-23)10-18(25)24(14-19)16-4-2-15(11-20)3-5-16/h2-5,7,9H,6,8,10,12-14H2,1H3/t19-/m0/s1. The molecule has 0 bridgehead atoms. The Morgan fingerprint density at radius 2 is 2.08 bits per heavy atom. The number of benzene rings is 1. The molecule has 6 nitrogen and oxygen atoms in total. The van der Waals surface area contributed by atoms with Gasteiger partial charge in [-0.1, -0.05) is 0 Å². The lowest BCUT2D eigenvalue weighted by atomic mass is 9.86. The molecule has 1 spiro atoms. The van der Waals surface area contributed by atoms with Crippen LogP contribution in [0.25, 0.3) is 0 Å². The Hall–Kier alpha value is -2.65. The number of nitriles is 1. The quantitative estimate of drug-likeness (QED) is 0.859. The van der Waals surface area contributed by atoms with E-state index in [0.717, 1.165) is 44.1 Å². The van der Waals surface area contributed by atoms with Gasteiger partial charge in [0.2, 0.25) is 5.91 Å². The molecule has 25 heavy (non-hydrogen) atoms. The van der Waals surface area contributed by atoms with Crippen molar-refractivity contribution in [2.45, 2.75) is 19.4 Å². The maximum atomic E-state index is 12.6. The van der Waals surface area contributed by atoms with Crippen LogP contribution >= 0.6 is 0 Å². The van der Waals surface area contributed by atoms with E-state index >= 15 is 0 Å². The summed E-state index contributed by atoms with van der Waals surface area (Å²) in [6.45, 7) is 3.52. The number of carbonyl (C=O) groups is 1. The first-order valence-electron chi connectivity index (χ1n) is 8.58. The topological polar surface area (TPSA) is 65.2 Å². The van der Waals surface area contributed by atoms with Crippen molar-refractivity contribution >= 4 is 11.6 Å². The predicted octanol–water partition coefficient (Wildman–Crippen LogP) is 1.92. The van der Waals surface area contributed by atoms with E-state index in [1.54, 1.807) is 12.1 Å². The monoisotopic (exact) mass is 335 g/mol. The number of likely N-dealkylation sites (tertiary alicyclic amines) is 1. The van der Waals surface area contributed by atoms with Crippen LogP contribution in [-0.2, 0) is 18.4 Å². The zero-order valence-corrected chi connectivity index (χ0v) is 14.4. The van der Waals surface area contributed by atoms with Crippen LogP contribution < -0.4 is 4.90 Å². The van der Waals surface area contributed by atoms with Gasteiger partial charge in [0, 0.05) is 50.1 Å². The molecule has 2 saturated heterocycles. The first-order chi connectivity index (χ1) is 12.1. The Morgan fingerprint density at radius 1 is 1.28 bits per heavy atom. The molecule has 0 radical (unpaired) electrons. The SMILES string of the molecule is Cn1ccnc1CN1CC[C@]2(CC(=O)N(c3ccc(C#N)cc3)C2)C1. The van der Waals surface area contributed by atoms with E-state index in [-0.39, 0.29) is 11.3 Å². The molecule has 6 heteroatoms. The summed E-state index contributed by atoms with van der Waals surface area (Å²) in [7, 11) is 2.01. The van der Waals surface area contributed by atoms with E-state index < -0.39 is 0 Å². The fourth-order valence-electron chi connectivity index (χ4n) is 4.03. The summed E-state index contributed by atoms with van der Waals surface area (Å²) in [6, 6.07) is 9.41. The largest absolute Gasteiger partial charge is 0.337 e. The minimum Gasteiger partial charge on any atom is -0.337 e. The van der Waals surface area contributed by atoms with Crippen molar-refractivity contribution < 1.29 is 4.79 Å². The molecule has 1 aromatic carbocycles. The van der Waals surface area contributed by atoms with E-state index in [1.807, 2.05) is 41.0 Å². The van der Waals surface area contributed by atoms with Crippen molar-refractivity contribution in [2.75, 3.05) is 24.5 Å². The number of anilines is 1. The highest BCUT2D eigenvalue weighted by Gasteiger charge is 2.47. The highest BCUT2D eigenvalue weighted by molar-refractivity contribution is 5.96. The van der Waals surface area contributed by atoms with Gasteiger partial charge in [0.05, 0.1) is 18.2 Å². The number of nitrogens with zero attached hydrogens (tertiary/aromatic N) is 5. The van der Waals surface area contributed by atoms with Crippen molar-refractivity contribution in [1.82, 2.24) is 14.5 Å². The summed E-state index contributed by atoms with van der Waals surface area (Å²) in [4.78, 5) is 21.3. The van der Waals surface area contributed by atoms with Gasteiger partial charge in [0.15, 0.2) is 0 Å². The molecular formula is C19H21N5O. The number of rotatable bonds is 3. The van der Waals surface area contributed by atoms with Crippen LogP contribution in [-0.4, -0.2) is 40.0 Å². The number of hydrogen-bond acceptors (Lipinski definition) is 4. The van der Waals surface area contributed by atoms with Crippen molar-refractivity contribution in [3.63, 3.8) is 0 Å². The smallest absolute Gasteiger partial charge is 0.227 e. The first kappa shape index (κ1) is 15.9. The second-order valence-electron chi connectivity index (χ2n) is 7.23. The molecule has 128 valence electrons. The number of imidazole rings is 1. The van der Waals surface area contributed by atoms with Gasteiger partial charge in [-0.2, -0.15) is 5.26 Å². The Labute approximate surface area is 147 Å². The summed E-state index contributed by atoms with van der Waals surface area (Å²) >= 11 is 0. The van der Waals surface area contributed by atoms with Crippen molar-refractivity contribution in [1.29, 1.82) is 5.26 Å². The second-order valence-corrected chi connectivity index (χ2v) is 7.23. The normalized spacial score (nSPS) is 23.5. The third kappa shape index (κ3) is 2.92. The first-order valence-corrected chi connectivity index (χ1v) is 8.58. The Balaban J connectivity index is 1.46. The lowest BCUT2D eigenvalue weighted by Crippen LogP contribution is -2.31. The summed E-state index contributed by atoms with van der Waals surface area (Å²) in [6.07, 6.45) is 5.43. The molecule has 1 aromatic heterocycles. The molecule has 2 aliphatic heterocycles. The highest BCUT2D eigenvalue weighted by atomic mass is 16.2. The fraction of sp³-hybridized carbons (Fsp3) is 0.421. The number of carbonyl (C=O) groups excluding carboxylic acids is 1. The summed E-state index contributed by atoms with van der Waals surface area (Å²) in [5.74, 6) is 1.24. The molecule has 0 saturated carbocycles. The molecule has 0 aliphatic carbocycles. The van der Waals surface area contributed by atoms with Gasteiger partial charge in [-0.25, -0.2) is 4.98 Å². The minimum atomic E-state index is 0.0378. The van der Waals surface area contributed by atoms with Crippen LogP contribution in [0.1, 0.15) is 24.2 Å². The summed E-state index contributed by atoms with van der Waals surface area (Å²) < 4.78 is 2.05. The molecule has 4 rings (SSSR count). The molecule has 2 aliphatic rings. The third-order valence-electron chi connectivity index (χ3n) is 5.43. The zero-order chi connectivity index (χ0) is 17.4. The Bertz CT molecular complexity index is 834. The van der Waals surface area contributed by atoms with Crippen LogP contribution in [0.4, 0.5) is 5.69 Å². The van der Waals surface area contributed by atoms with Gasteiger partial charge in [0.25, 0.3) is 0 Å². The highest BCUT2D eigenvalue weighted by Crippen LogP contribution is 2.42. The zero-order valence-electron chi connectivity index (χ0n) is 14.4. The van der Waals surface area contributed by atoms with Crippen LogP contribution in [0.15, 0.2) is 36.7 Å². The summed E-state index contributed by atoms with van der Waals surface area (Å²) in [5.41, 5.74) is 1.55. The van der Waals surface area contributed by atoms with Gasteiger partial charge >= 0.3 is 0 Å². The number of amides is 1. The maximum absolute atomic E-state index is 12.6. The van der Waals surface area contributed by atoms with E-state index in [9.17, 15) is 4.79 Å². The lowest BCUT2D eigenvalue weighted by Gasteiger charge is -2.24. The van der Waals surface area contributed by atoms with Crippen molar-refractivity contribution in [3.8, 4) is 6.07 Å². The van der Waals surface area contributed by atoms with Crippen LogP contribution in [0, 0.1) is 16.7 Å². The predicted molar refractivity (Wildman–Crippen MR) is 93.7 cm³/mol. The molecule has 2 aromatic rings. The van der Waals surface area contributed by atoms with E-state index in [1.165, 1.54) is 0 Å². The molecule has 3 heterocycles. The van der Waals surface area contributed by atoms with Gasteiger partial charge in [-0.3, -0.25) is 9.69 Å².